The van der Waals surface area contributed by atoms with Crippen molar-refractivity contribution in [3.63, 3.8) is 0 Å². The second-order valence-corrected chi connectivity index (χ2v) is 8.37. The van der Waals surface area contributed by atoms with Gasteiger partial charge < -0.3 is 15.0 Å². The van der Waals surface area contributed by atoms with Gasteiger partial charge in [0.15, 0.2) is 6.61 Å². The maximum atomic E-state index is 13.4. The molecular formula is C26H26Cl2N2O3. The molecule has 0 fully saturated rings. The summed E-state index contributed by atoms with van der Waals surface area (Å²) >= 11 is 12.1. The predicted octanol–water partition coefficient (Wildman–Crippen LogP) is 5.15. The Hall–Kier alpha value is -3.02. The van der Waals surface area contributed by atoms with Crippen LogP contribution in [0.15, 0.2) is 78.9 Å². The largest absolute Gasteiger partial charge is 0.484 e. The van der Waals surface area contributed by atoms with Crippen molar-refractivity contribution in [3.05, 3.63) is 100 Å². The van der Waals surface area contributed by atoms with Gasteiger partial charge >= 0.3 is 0 Å². The highest BCUT2D eigenvalue weighted by atomic mass is 35.5. The number of hydrogen-bond acceptors (Lipinski definition) is 3. The Morgan fingerprint density at radius 3 is 2.27 bits per heavy atom. The molecule has 0 aliphatic rings. The second kappa shape index (κ2) is 12.3. The molecule has 0 aromatic heterocycles. The third-order valence-corrected chi connectivity index (χ3v) is 5.53. The van der Waals surface area contributed by atoms with Gasteiger partial charge in [0.25, 0.3) is 5.91 Å². The van der Waals surface area contributed by atoms with E-state index in [1.54, 1.807) is 41.3 Å². The molecule has 0 aliphatic heterocycles. The number of carbonyl (C=O) groups excluding carboxylic acids is 2. The fourth-order valence-corrected chi connectivity index (χ4v) is 3.78. The summed E-state index contributed by atoms with van der Waals surface area (Å²) in [6.07, 6.45) is 0.375. The van der Waals surface area contributed by atoms with Crippen LogP contribution in [-0.2, 0) is 22.6 Å². The van der Waals surface area contributed by atoms with Crippen molar-refractivity contribution >= 4 is 35.0 Å². The Labute approximate surface area is 204 Å². The van der Waals surface area contributed by atoms with Gasteiger partial charge in [-0.2, -0.15) is 0 Å². The number of carbonyl (C=O) groups is 2. The first-order valence-corrected chi connectivity index (χ1v) is 11.5. The minimum Gasteiger partial charge on any atom is -0.484 e. The molecule has 3 aromatic carbocycles. The molecular weight excluding hydrogens is 459 g/mol. The zero-order chi connectivity index (χ0) is 23.6. The maximum absolute atomic E-state index is 13.4. The Morgan fingerprint density at radius 1 is 0.909 bits per heavy atom. The van der Waals surface area contributed by atoms with Crippen LogP contribution in [0.1, 0.15) is 18.1 Å². The van der Waals surface area contributed by atoms with Gasteiger partial charge in [0.05, 0.1) is 0 Å². The SMILES string of the molecule is CCNC(=O)[C@H](Cc1ccccc1)N(Cc1cccc(Cl)c1)C(=O)COc1ccc(Cl)cc1. The van der Waals surface area contributed by atoms with E-state index >= 15 is 0 Å². The minimum absolute atomic E-state index is 0.215. The van der Waals surface area contributed by atoms with Gasteiger partial charge in [0, 0.05) is 29.6 Å². The number of nitrogens with zero attached hydrogens (tertiary/aromatic N) is 1. The Morgan fingerprint density at radius 2 is 1.61 bits per heavy atom. The van der Waals surface area contributed by atoms with E-state index in [0.717, 1.165) is 11.1 Å². The van der Waals surface area contributed by atoms with E-state index in [1.807, 2.05) is 49.4 Å². The smallest absolute Gasteiger partial charge is 0.261 e. The molecule has 0 spiro atoms. The van der Waals surface area contributed by atoms with Crippen molar-refractivity contribution in [3.8, 4) is 5.75 Å². The Bertz CT molecular complexity index is 1060. The molecule has 0 saturated heterocycles. The van der Waals surface area contributed by atoms with Crippen LogP contribution in [0.4, 0.5) is 0 Å². The van der Waals surface area contributed by atoms with Crippen LogP contribution in [0.3, 0.4) is 0 Å². The van der Waals surface area contributed by atoms with Crippen molar-refractivity contribution in [1.29, 1.82) is 0 Å². The third kappa shape index (κ3) is 7.52. The normalized spacial score (nSPS) is 11.5. The van der Waals surface area contributed by atoms with E-state index in [1.165, 1.54) is 0 Å². The number of benzene rings is 3. The molecule has 172 valence electrons. The van der Waals surface area contributed by atoms with Crippen LogP contribution in [0.5, 0.6) is 5.75 Å². The number of hydrogen-bond donors (Lipinski definition) is 1. The zero-order valence-corrected chi connectivity index (χ0v) is 19.9. The van der Waals surface area contributed by atoms with Crippen LogP contribution in [0.25, 0.3) is 0 Å². The maximum Gasteiger partial charge on any atom is 0.261 e. The van der Waals surface area contributed by atoms with Crippen LogP contribution in [0, 0.1) is 0 Å². The molecule has 0 saturated carbocycles. The summed E-state index contributed by atoms with van der Waals surface area (Å²) in [5.74, 6) is -0.00610. The van der Waals surface area contributed by atoms with Gasteiger partial charge in [-0.05, 0) is 54.4 Å². The quantitative estimate of drug-likeness (QED) is 0.432. The summed E-state index contributed by atoms with van der Waals surface area (Å²) in [6, 6.07) is 23.0. The first-order valence-electron chi connectivity index (χ1n) is 10.7. The van der Waals surface area contributed by atoms with Crippen molar-refractivity contribution in [1.82, 2.24) is 10.2 Å². The topological polar surface area (TPSA) is 58.6 Å². The molecule has 0 aliphatic carbocycles. The highest BCUT2D eigenvalue weighted by Crippen LogP contribution is 2.19. The molecule has 7 heteroatoms. The van der Waals surface area contributed by atoms with E-state index in [9.17, 15) is 9.59 Å². The lowest BCUT2D eigenvalue weighted by Crippen LogP contribution is -2.51. The van der Waals surface area contributed by atoms with Crippen molar-refractivity contribution in [2.75, 3.05) is 13.2 Å². The van der Waals surface area contributed by atoms with Gasteiger partial charge in [-0.25, -0.2) is 0 Å². The number of likely N-dealkylation sites (N-methyl/N-ethyl adjacent to an activating group) is 1. The van der Waals surface area contributed by atoms with E-state index in [4.69, 9.17) is 27.9 Å². The molecule has 0 bridgehead atoms. The molecule has 0 radical (unpaired) electrons. The van der Waals surface area contributed by atoms with Gasteiger partial charge in [-0.3, -0.25) is 9.59 Å². The van der Waals surface area contributed by atoms with Gasteiger partial charge in [0.2, 0.25) is 5.91 Å². The van der Waals surface area contributed by atoms with Crippen molar-refractivity contribution in [2.45, 2.75) is 25.9 Å². The lowest BCUT2D eigenvalue weighted by atomic mass is 10.0. The molecule has 3 aromatic rings. The molecule has 1 atom stereocenters. The van der Waals surface area contributed by atoms with Crippen molar-refractivity contribution < 1.29 is 14.3 Å². The number of amides is 2. The number of rotatable bonds is 10. The van der Waals surface area contributed by atoms with Crippen LogP contribution >= 0.6 is 23.2 Å². The van der Waals surface area contributed by atoms with Gasteiger partial charge in [-0.15, -0.1) is 0 Å². The molecule has 0 heterocycles. The minimum atomic E-state index is -0.715. The third-order valence-electron chi connectivity index (χ3n) is 5.04. The average molecular weight is 485 g/mol. The van der Waals surface area contributed by atoms with E-state index in [-0.39, 0.29) is 25.0 Å². The molecule has 33 heavy (non-hydrogen) atoms. The average Bonchev–Trinajstić information content (AvgIpc) is 2.81. The molecule has 5 nitrogen and oxygen atoms in total. The summed E-state index contributed by atoms with van der Waals surface area (Å²) in [5.41, 5.74) is 1.78. The fourth-order valence-electron chi connectivity index (χ4n) is 3.44. The van der Waals surface area contributed by atoms with Gasteiger partial charge in [0.1, 0.15) is 11.8 Å². The standard InChI is InChI=1S/C26H26Cl2N2O3/c1-2-29-26(32)24(16-19-7-4-3-5-8-19)30(17-20-9-6-10-22(28)15-20)25(31)18-33-23-13-11-21(27)12-14-23/h3-15,24H,2,16-18H2,1H3,(H,29,32)/t24-/m0/s1. The number of ether oxygens (including phenoxy) is 1. The lowest BCUT2D eigenvalue weighted by molar-refractivity contribution is -0.142. The highest BCUT2D eigenvalue weighted by Gasteiger charge is 2.30. The van der Waals surface area contributed by atoms with Gasteiger partial charge in [-0.1, -0.05) is 65.7 Å². The van der Waals surface area contributed by atoms with E-state index in [0.29, 0.717) is 28.8 Å². The Kier molecular flexibility index (Phi) is 9.16. The highest BCUT2D eigenvalue weighted by molar-refractivity contribution is 6.30. The van der Waals surface area contributed by atoms with Crippen LogP contribution < -0.4 is 10.1 Å². The first-order chi connectivity index (χ1) is 16.0. The summed E-state index contributed by atoms with van der Waals surface area (Å²) in [4.78, 5) is 28.0. The lowest BCUT2D eigenvalue weighted by Gasteiger charge is -2.31. The number of halogens is 2. The zero-order valence-electron chi connectivity index (χ0n) is 18.3. The summed E-state index contributed by atoms with van der Waals surface area (Å²) in [6.45, 7) is 2.32. The first kappa shape index (κ1) is 24.6. The Balaban J connectivity index is 1.88. The van der Waals surface area contributed by atoms with Crippen molar-refractivity contribution in [2.24, 2.45) is 0 Å². The summed E-state index contributed by atoms with van der Waals surface area (Å²) < 4.78 is 5.70. The van der Waals surface area contributed by atoms with Crippen LogP contribution in [0.2, 0.25) is 10.0 Å². The second-order valence-electron chi connectivity index (χ2n) is 7.49. The summed E-state index contributed by atoms with van der Waals surface area (Å²) in [5, 5.41) is 4.01. The molecule has 0 unspecified atom stereocenters. The monoisotopic (exact) mass is 484 g/mol. The fraction of sp³-hybridized carbons (Fsp3) is 0.231. The van der Waals surface area contributed by atoms with E-state index in [2.05, 4.69) is 5.32 Å². The molecule has 1 N–H and O–H groups in total. The predicted molar refractivity (Wildman–Crippen MR) is 132 cm³/mol. The number of nitrogens with one attached hydrogen (secondary N) is 1. The van der Waals surface area contributed by atoms with E-state index < -0.39 is 6.04 Å². The van der Waals surface area contributed by atoms with Crippen LogP contribution in [-0.4, -0.2) is 35.9 Å². The molecule has 2 amide bonds. The summed E-state index contributed by atoms with van der Waals surface area (Å²) in [7, 11) is 0. The molecule has 3 rings (SSSR count).